The SMILES string of the molecule is CC(C)C(O)CC(=O)NCc1ccc(OCC2CC2)nc1. The van der Waals surface area contributed by atoms with Gasteiger partial charge in [-0.25, -0.2) is 4.98 Å². The molecule has 5 heteroatoms. The molecule has 0 aliphatic heterocycles. The number of ether oxygens (including phenoxy) is 1. The quantitative estimate of drug-likeness (QED) is 0.767. The van der Waals surface area contributed by atoms with Gasteiger partial charge in [0.25, 0.3) is 0 Å². The molecule has 0 aromatic carbocycles. The molecule has 0 radical (unpaired) electrons. The number of carbonyl (C=O) groups is 1. The molecule has 2 rings (SSSR count). The number of aliphatic hydroxyl groups is 1. The third-order valence-electron chi connectivity index (χ3n) is 3.62. The number of aromatic nitrogens is 1. The summed E-state index contributed by atoms with van der Waals surface area (Å²) in [5, 5.41) is 12.4. The summed E-state index contributed by atoms with van der Waals surface area (Å²) < 4.78 is 5.56. The van der Waals surface area contributed by atoms with Crippen LogP contribution < -0.4 is 10.1 Å². The average molecular weight is 292 g/mol. The van der Waals surface area contributed by atoms with Crippen LogP contribution in [-0.2, 0) is 11.3 Å². The highest BCUT2D eigenvalue weighted by Gasteiger charge is 2.22. The molecule has 1 aromatic rings. The van der Waals surface area contributed by atoms with Crippen molar-refractivity contribution < 1.29 is 14.6 Å². The van der Waals surface area contributed by atoms with Crippen LogP contribution in [0.5, 0.6) is 5.88 Å². The van der Waals surface area contributed by atoms with E-state index in [4.69, 9.17) is 4.74 Å². The maximum atomic E-state index is 11.7. The fourth-order valence-electron chi connectivity index (χ4n) is 1.79. The van der Waals surface area contributed by atoms with E-state index >= 15 is 0 Å². The maximum Gasteiger partial charge on any atom is 0.222 e. The van der Waals surface area contributed by atoms with Crippen LogP contribution in [0, 0.1) is 11.8 Å². The van der Waals surface area contributed by atoms with Gasteiger partial charge in [0.2, 0.25) is 11.8 Å². The Morgan fingerprint density at radius 1 is 1.48 bits per heavy atom. The van der Waals surface area contributed by atoms with Crippen LogP contribution in [0.15, 0.2) is 18.3 Å². The van der Waals surface area contributed by atoms with E-state index in [2.05, 4.69) is 10.3 Å². The second-order valence-corrected chi connectivity index (χ2v) is 6.05. The minimum absolute atomic E-state index is 0.0836. The predicted octanol–water partition coefficient (Wildman–Crippen LogP) is 1.89. The average Bonchev–Trinajstić information content (AvgIpc) is 3.28. The van der Waals surface area contributed by atoms with Gasteiger partial charge >= 0.3 is 0 Å². The van der Waals surface area contributed by atoms with Gasteiger partial charge in [-0.05, 0) is 30.2 Å². The van der Waals surface area contributed by atoms with E-state index in [9.17, 15) is 9.90 Å². The zero-order valence-corrected chi connectivity index (χ0v) is 12.7. The van der Waals surface area contributed by atoms with E-state index < -0.39 is 6.10 Å². The summed E-state index contributed by atoms with van der Waals surface area (Å²) in [6, 6.07) is 3.72. The second kappa shape index (κ2) is 7.41. The molecule has 1 heterocycles. The Labute approximate surface area is 125 Å². The minimum atomic E-state index is -0.596. The smallest absolute Gasteiger partial charge is 0.222 e. The molecule has 5 nitrogen and oxygen atoms in total. The number of rotatable bonds is 8. The molecular weight excluding hydrogens is 268 g/mol. The summed E-state index contributed by atoms with van der Waals surface area (Å²) in [5.74, 6) is 1.27. The number of pyridine rings is 1. The van der Waals surface area contributed by atoms with Crippen LogP contribution in [0.1, 0.15) is 38.7 Å². The van der Waals surface area contributed by atoms with Gasteiger partial charge in [-0.3, -0.25) is 4.79 Å². The minimum Gasteiger partial charge on any atom is -0.477 e. The van der Waals surface area contributed by atoms with Gasteiger partial charge in [-0.1, -0.05) is 19.9 Å². The van der Waals surface area contributed by atoms with Crippen LogP contribution in [0.2, 0.25) is 0 Å². The Morgan fingerprint density at radius 2 is 2.24 bits per heavy atom. The van der Waals surface area contributed by atoms with Crippen molar-refractivity contribution in [3.05, 3.63) is 23.9 Å². The van der Waals surface area contributed by atoms with Crippen LogP contribution >= 0.6 is 0 Å². The summed E-state index contributed by atoms with van der Waals surface area (Å²) >= 11 is 0. The lowest BCUT2D eigenvalue weighted by atomic mass is 10.0. The highest BCUT2D eigenvalue weighted by atomic mass is 16.5. The first kappa shape index (κ1) is 15.8. The standard InChI is InChI=1S/C16H24N2O3/c1-11(2)14(19)7-15(20)17-8-13-5-6-16(18-9-13)21-10-12-3-4-12/h5-6,9,11-12,14,19H,3-4,7-8,10H2,1-2H3,(H,17,20). The monoisotopic (exact) mass is 292 g/mol. The molecule has 0 saturated heterocycles. The Morgan fingerprint density at radius 3 is 2.81 bits per heavy atom. The molecule has 1 atom stereocenters. The molecule has 1 unspecified atom stereocenters. The molecule has 1 aromatic heterocycles. The molecule has 1 fully saturated rings. The van der Waals surface area contributed by atoms with Crippen LogP contribution in [0.4, 0.5) is 0 Å². The number of hydrogen-bond donors (Lipinski definition) is 2. The van der Waals surface area contributed by atoms with E-state index in [0.717, 1.165) is 12.2 Å². The van der Waals surface area contributed by atoms with Crippen molar-refractivity contribution in [3.8, 4) is 5.88 Å². The first-order valence-electron chi connectivity index (χ1n) is 7.57. The van der Waals surface area contributed by atoms with E-state index in [1.165, 1.54) is 12.8 Å². The fraction of sp³-hybridized carbons (Fsp3) is 0.625. The summed E-state index contributed by atoms with van der Waals surface area (Å²) in [5.41, 5.74) is 0.918. The number of carbonyl (C=O) groups excluding carboxylic acids is 1. The van der Waals surface area contributed by atoms with Gasteiger partial charge in [0, 0.05) is 18.8 Å². The highest BCUT2D eigenvalue weighted by Crippen LogP contribution is 2.29. The van der Waals surface area contributed by atoms with E-state index in [1.54, 1.807) is 6.20 Å². The van der Waals surface area contributed by atoms with Crippen molar-refractivity contribution in [2.45, 2.75) is 45.8 Å². The first-order chi connectivity index (χ1) is 10.0. The lowest BCUT2D eigenvalue weighted by molar-refractivity contribution is -0.123. The summed E-state index contributed by atoms with van der Waals surface area (Å²) in [7, 11) is 0. The van der Waals surface area contributed by atoms with Crippen molar-refractivity contribution in [2.75, 3.05) is 6.61 Å². The van der Waals surface area contributed by atoms with Gasteiger partial charge in [-0.15, -0.1) is 0 Å². The van der Waals surface area contributed by atoms with Crippen molar-refractivity contribution >= 4 is 5.91 Å². The Hall–Kier alpha value is -1.62. The van der Waals surface area contributed by atoms with E-state index in [-0.39, 0.29) is 18.2 Å². The molecule has 21 heavy (non-hydrogen) atoms. The van der Waals surface area contributed by atoms with Crippen LogP contribution in [0.3, 0.4) is 0 Å². The van der Waals surface area contributed by atoms with Crippen LogP contribution in [-0.4, -0.2) is 28.7 Å². The third-order valence-corrected chi connectivity index (χ3v) is 3.62. The topological polar surface area (TPSA) is 71.5 Å². The first-order valence-corrected chi connectivity index (χ1v) is 7.57. The largest absolute Gasteiger partial charge is 0.477 e. The van der Waals surface area contributed by atoms with Crippen molar-refractivity contribution in [3.63, 3.8) is 0 Å². The van der Waals surface area contributed by atoms with Gasteiger partial charge in [0.15, 0.2) is 0 Å². The number of hydrogen-bond acceptors (Lipinski definition) is 4. The van der Waals surface area contributed by atoms with Crippen molar-refractivity contribution in [1.29, 1.82) is 0 Å². The van der Waals surface area contributed by atoms with E-state index in [0.29, 0.717) is 18.3 Å². The third kappa shape index (κ3) is 5.71. The lowest BCUT2D eigenvalue weighted by Crippen LogP contribution is -2.29. The molecule has 2 N–H and O–H groups in total. The predicted molar refractivity (Wildman–Crippen MR) is 79.8 cm³/mol. The number of amides is 1. The summed E-state index contributed by atoms with van der Waals surface area (Å²) in [4.78, 5) is 15.9. The molecule has 116 valence electrons. The second-order valence-electron chi connectivity index (χ2n) is 6.05. The molecule has 1 aliphatic carbocycles. The lowest BCUT2D eigenvalue weighted by Gasteiger charge is -2.14. The molecule has 1 saturated carbocycles. The van der Waals surface area contributed by atoms with Crippen molar-refractivity contribution in [2.24, 2.45) is 11.8 Å². The molecule has 0 bridgehead atoms. The number of nitrogens with one attached hydrogen (secondary N) is 1. The Kier molecular flexibility index (Phi) is 5.56. The highest BCUT2D eigenvalue weighted by molar-refractivity contribution is 5.76. The Balaban J connectivity index is 1.71. The van der Waals surface area contributed by atoms with Gasteiger partial charge in [-0.2, -0.15) is 0 Å². The van der Waals surface area contributed by atoms with Gasteiger partial charge in [0.05, 0.1) is 19.1 Å². The van der Waals surface area contributed by atoms with Gasteiger partial charge < -0.3 is 15.2 Å². The summed E-state index contributed by atoms with van der Waals surface area (Å²) in [6.07, 6.45) is 3.76. The number of aliphatic hydroxyl groups excluding tert-OH is 1. The van der Waals surface area contributed by atoms with Gasteiger partial charge in [0.1, 0.15) is 0 Å². The normalized spacial score (nSPS) is 15.8. The zero-order valence-electron chi connectivity index (χ0n) is 12.7. The molecule has 0 spiro atoms. The molecular formula is C16H24N2O3. The Bertz CT molecular complexity index is 455. The van der Waals surface area contributed by atoms with Crippen LogP contribution in [0.25, 0.3) is 0 Å². The van der Waals surface area contributed by atoms with E-state index in [1.807, 2.05) is 26.0 Å². The molecule has 1 aliphatic rings. The molecule has 1 amide bonds. The fourth-order valence-corrected chi connectivity index (χ4v) is 1.79. The van der Waals surface area contributed by atoms with Crippen molar-refractivity contribution in [1.82, 2.24) is 10.3 Å². The summed E-state index contributed by atoms with van der Waals surface area (Å²) in [6.45, 7) is 4.94. The number of nitrogens with zero attached hydrogens (tertiary/aromatic N) is 1. The zero-order chi connectivity index (χ0) is 15.2. The maximum absolute atomic E-state index is 11.7.